The lowest BCUT2D eigenvalue weighted by Gasteiger charge is -2.10. The van der Waals surface area contributed by atoms with E-state index >= 15 is 0 Å². The van der Waals surface area contributed by atoms with Gasteiger partial charge in [-0.15, -0.1) is 0 Å². The van der Waals surface area contributed by atoms with Crippen LogP contribution in [0.15, 0.2) is 84.9 Å². The molecule has 9 heteroatoms. The van der Waals surface area contributed by atoms with Gasteiger partial charge in [-0.2, -0.15) is 18.3 Å². The van der Waals surface area contributed by atoms with Crippen LogP contribution in [0, 0.1) is 0 Å². The molecule has 0 aliphatic heterocycles. The lowest BCUT2D eigenvalue weighted by atomic mass is 10.0. The minimum Gasteiger partial charge on any atom is -0.284 e. The quantitative estimate of drug-likeness (QED) is 0.425. The highest BCUT2D eigenvalue weighted by Gasteiger charge is 2.35. The fourth-order valence-electron chi connectivity index (χ4n) is 3.27. The van der Waals surface area contributed by atoms with Gasteiger partial charge in [0, 0.05) is 11.3 Å². The van der Waals surface area contributed by atoms with Crippen LogP contribution in [0.3, 0.4) is 0 Å². The van der Waals surface area contributed by atoms with E-state index in [1.54, 1.807) is 12.1 Å². The molecule has 1 heterocycles. The molecule has 0 aliphatic rings. The Balaban J connectivity index is 1.75. The minimum atomic E-state index is -4.61. The number of alkyl halides is 3. The smallest absolute Gasteiger partial charge is 0.284 e. The molecule has 0 bridgehead atoms. The molecule has 32 heavy (non-hydrogen) atoms. The Bertz CT molecular complexity index is 1330. The minimum absolute atomic E-state index is 0.265. The fraction of sp³-hybridized carbons (Fsp3) is 0.0870. The molecule has 0 spiro atoms. The summed E-state index contributed by atoms with van der Waals surface area (Å²) in [5, 5.41) is 3.77. The normalized spacial score (nSPS) is 12.0. The maximum absolute atomic E-state index is 13.4. The third-order valence-corrected chi connectivity index (χ3v) is 5.31. The Hall–Kier alpha value is -3.59. The summed E-state index contributed by atoms with van der Waals surface area (Å²) in [7, 11) is -3.47. The van der Waals surface area contributed by atoms with Gasteiger partial charge in [0.2, 0.25) is 10.0 Å². The summed E-state index contributed by atoms with van der Waals surface area (Å²) in [4.78, 5) is 0. The predicted octanol–water partition coefficient (Wildman–Crippen LogP) is 5.60. The number of aromatic nitrogens is 2. The van der Waals surface area contributed by atoms with E-state index in [1.165, 1.54) is 28.9 Å². The van der Waals surface area contributed by atoms with E-state index in [1.807, 2.05) is 42.5 Å². The van der Waals surface area contributed by atoms with Crippen molar-refractivity contribution in [3.63, 3.8) is 0 Å². The average Bonchev–Trinajstić information content (AvgIpc) is 3.20. The molecule has 0 amide bonds. The average molecular weight is 457 g/mol. The van der Waals surface area contributed by atoms with Crippen LogP contribution in [0.2, 0.25) is 0 Å². The van der Waals surface area contributed by atoms with Crippen LogP contribution in [0.4, 0.5) is 18.9 Å². The van der Waals surface area contributed by atoms with Gasteiger partial charge in [0.05, 0.1) is 17.6 Å². The molecule has 0 unspecified atom stereocenters. The number of hydrogen-bond donors (Lipinski definition) is 1. The van der Waals surface area contributed by atoms with Gasteiger partial charge in [0.25, 0.3) is 0 Å². The second kappa shape index (κ2) is 8.16. The van der Waals surface area contributed by atoms with Gasteiger partial charge in [-0.25, -0.2) is 13.1 Å². The van der Waals surface area contributed by atoms with E-state index in [0.29, 0.717) is 16.9 Å². The van der Waals surface area contributed by atoms with Crippen LogP contribution in [-0.4, -0.2) is 24.5 Å². The summed E-state index contributed by atoms with van der Waals surface area (Å²) < 4.78 is 66.5. The Morgan fingerprint density at radius 1 is 0.812 bits per heavy atom. The van der Waals surface area contributed by atoms with Crippen molar-refractivity contribution < 1.29 is 21.6 Å². The molecule has 0 saturated carbocycles. The summed E-state index contributed by atoms with van der Waals surface area (Å²) in [5.74, 6) is 0. The molecule has 5 nitrogen and oxygen atoms in total. The van der Waals surface area contributed by atoms with Gasteiger partial charge in [-0.05, 0) is 41.5 Å². The van der Waals surface area contributed by atoms with Crippen LogP contribution in [-0.2, 0) is 16.2 Å². The van der Waals surface area contributed by atoms with Gasteiger partial charge in [-0.3, -0.25) is 4.72 Å². The molecule has 0 saturated heterocycles. The van der Waals surface area contributed by atoms with Crippen molar-refractivity contribution in [2.24, 2.45) is 0 Å². The van der Waals surface area contributed by atoms with Crippen LogP contribution in [0.5, 0.6) is 0 Å². The molecular weight excluding hydrogens is 439 g/mol. The molecular formula is C23H18F3N3O2S. The zero-order chi connectivity index (χ0) is 22.9. The van der Waals surface area contributed by atoms with Crippen molar-refractivity contribution in [3.8, 4) is 28.1 Å². The highest BCUT2D eigenvalue weighted by molar-refractivity contribution is 7.92. The summed E-state index contributed by atoms with van der Waals surface area (Å²) in [6.07, 6.45) is -3.59. The Labute approximate surface area is 183 Å². The maximum Gasteiger partial charge on any atom is 0.435 e. The number of nitrogens with one attached hydrogen (secondary N) is 1. The van der Waals surface area contributed by atoms with Gasteiger partial charge in [0.1, 0.15) is 0 Å². The van der Waals surface area contributed by atoms with Crippen LogP contribution in [0.25, 0.3) is 28.1 Å². The Morgan fingerprint density at radius 2 is 1.38 bits per heavy atom. The lowest BCUT2D eigenvalue weighted by Crippen LogP contribution is -2.10. The first-order valence-electron chi connectivity index (χ1n) is 9.51. The van der Waals surface area contributed by atoms with E-state index in [9.17, 15) is 21.6 Å². The Morgan fingerprint density at radius 3 is 1.94 bits per heavy atom. The number of sulfonamides is 1. The second-order valence-corrected chi connectivity index (χ2v) is 8.94. The first-order valence-corrected chi connectivity index (χ1v) is 11.4. The monoisotopic (exact) mass is 457 g/mol. The van der Waals surface area contributed by atoms with Crippen molar-refractivity contribution in [1.29, 1.82) is 0 Å². The van der Waals surface area contributed by atoms with E-state index in [0.717, 1.165) is 23.4 Å². The number of hydrogen-bond acceptors (Lipinski definition) is 3. The van der Waals surface area contributed by atoms with Gasteiger partial charge in [0.15, 0.2) is 5.69 Å². The zero-order valence-electron chi connectivity index (χ0n) is 16.8. The van der Waals surface area contributed by atoms with Crippen LogP contribution in [0.1, 0.15) is 5.69 Å². The first kappa shape index (κ1) is 21.6. The van der Waals surface area contributed by atoms with Crippen molar-refractivity contribution in [2.45, 2.75) is 6.18 Å². The number of nitrogens with zero attached hydrogens (tertiary/aromatic N) is 2. The van der Waals surface area contributed by atoms with Crippen LogP contribution < -0.4 is 4.72 Å². The lowest BCUT2D eigenvalue weighted by molar-refractivity contribution is -0.141. The van der Waals surface area contributed by atoms with Crippen molar-refractivity contribution in [1.82, 2.24) is 9.78 Å². The van der Waals surface area contributed by atoms with Gasteiger partial charge < -0.3 is 0 Å². The largest absolute Gasteiger partial charge is 0.435 e. The Kier molecular flexibility index (Phi) is 5.52. The first-order chi connectivity index (χ1) is 15.1. The fourth-order valence-corrected chi connectivity index (χ4v) is 3.84. The topological polar surface area (TPSA) is 64.0 Å². The molecule has 0 radical (unpaired) electrons. The van der Waals surface area contributed by atoms with Gasteiger partial charge >= 0.3 is 6.18 Å². The highest BCUT2D eigenvalue weighted by atomic mass is 32.2. The standard InChI is InChI=1S/C23H18F3N3O2S/c1-32(30,31)28-19-11-13-20(14-12-19)29-21(15-22(27-29)23(24,25)26)18-9-7-17(8-10-18)16-5-3-2-4-6-16/h2-15,28H,1H3. The van der Waals surface area contributed by atoms with Crippen molar-refractivity contribution in [2.75, 3.05) is 11.0 Å². The number of rotatable bonds is 5. The molecule has 0 aliphatic carbocycles. The molecule has 1 aromatic heterocycles. The second-order valence-electron chi connectivity index (χ2n) is 7.19. The van der Waals surface area contributed by atoms with Crippen molar-refractivity contribution in [3.05, 3.63) is 90.6 Å². The third kappa shape index (κ3) is 4.83. The predicted molar refractivity (Wildman–Crippen MR) is 118 cm³/mol. The van der Waals surface area contributed by atoms with E-state index in [4.69, 9.17) is 0 Å². The molecule has 4 aromatic rings. The molecule has 164 valence electrons. The molecule has 1 N–H and O–H groups in total. The molecule has 0 fully saturated rings. The van der Waals surface area contributed by atoms with Crippen LogP contribution >= 0.6 is 0 Å². The number of anilines is 1. The zero-order valence-corrected chi connectivity index (χ0v) is 17.7. The molecule has 4 rings (SSSR count). The maximum atomic E-state index is 13.4. The summed E-state index contributed by atoms with van der Waals surface area (Å²) >= 11 is 0. The van der Waals surface area contributed by atoms with E-state index in [2.05, 4.69) is 9.82 Å². The SMILES string of the molecule is CS(=O)(=O)Nc1ccc(-n2nc(C(F)(F)F)cc2-c2ccc(-c3ccccc3)cc2)cc1. The summed E-state index contributed by atoms with van der Waals surface area (Å²) in [6, 6.07) is 23.7. The summed E-state index contributed by atoms with van der Waals surface area (Å²) in [5.41, 5.74) is 2.41. The highest BCUT2D eigenvalue weighted by Crippen LogP contribution is 2.34. The van der Waals surface area contributed by atoms with E-state index < -0.39 is 21.9 Å². The number of benzene rings is 3. The van der Waals surface area contributed by atoms with Gasteiger partial charge in [-0.1, -0.05) is 54.6 Å². The van der Waals surface area contributed by atoms with Crippen molar-refractivity contribution >= 4 is 15.7 Å². The molecule has 3 aromatic carbocycles. The van der Waals surface area contributed by atoms with E-state index in [-0.39, 0.29) is 5.69 Å². The number of halogens is 3. The molecule has 0 atom stereocenters. The third-order valence-electron chi connectivity index (χ3n) is 4.70. The summed E-state index contributed by atoms with van der Waals surface area (Å²) in [6.45, 7) is 0.